The third-order valence-electron chi connectivity index (χ3n) is 8.09. The molecule has 0 saturated heterocycles. The van der Waals surface area contributed by atoms with Gasteiger partial charge in [0.2, 0.25) is 0 Å². The van der Waals surface area contributed by atoms with Crippen LogP contribution in [0.3, 0.4) is 0 Å². The van der Waals surface area contributed by atoms with E-state index in [2.05, 4.69) is 39.5 Å². The van der Waals surface area contributed by atoms with E-state index < -0.39 is 0 Å². The second-order valence-corrected chi connectivity index (χ2v) is 13.0. The first kappa shape index (κ1) is 36.0. The summed E-state index contributed by atoms with van der Waals surface area (Å²) in [6.07, 6.45) is 36.2. The van der Waals surface area contributed by atoms with Gasteiger partial charge in [-0.2, -0.15) is 0 Å². The van der Waals surface area contributed by atoms with E-state index >= 15 is 0 Å². The molecule has 0 aromatic heterocycles. The Kier molecular flexibility index (Phi) is 29.5. The van der Waals surface area contributed by atoms with Crippen LogP contribution in [0.2, 0.25) is 0 Å². The van der Waals surface area contributed by atoms with E-state index in [4.69, 9.17) is 0 Å². The van der Waals surface area contributed by atoms with Gasteiger partial charge in [0.25, 0.3) is 0 Å². The number of unbranched alkanes of at least 4 members (excludes halogenated alkanes) is 20. The zero-order chi connectivity index (χ0) is 26.5. The lowest BCUT2D eigenvalue weighted by molar-refractivity contribution is 0.254. The molecule has 0 aliphatic rings. The van der Waals surface area contributed by atoms with E-state index in [1.807, 2.05) is 0 Å². The Morgan fingerprint density at radius 3 is 0.861 bits per heavy atom. The highest BCUT2D eigenvalue weighted by Crippen LogP contribution is 2.15. The summed E-state index contributed by atoms with van der Waals surface area (Å²) in [6, 6.07) is 0. The molecule has 1 nitrogen and oxygen atoms in total. The Bertz CT molecular complexity index is 362. The maximum absolute atomic E-state index is 2.84. The van der Waals surface area contributed by atoms with Crippen LogP contribution in [0.15, 0.2) is 0 Å². The van der Waals surface area contributed by atoms with Crippen molar-refractivity contribution in [1.82, 2.24) is 4.90 Å². The molecule has 0 unspecified atom stereocenters. The van der Waals surface area contributed by atoms with Crippen LogP contribution in [0.5, 0.6) is 0 Å². The van der Waals surface area contributed by atoms with E-state index in [1.165, 1.54) is 180 Å². The second kappa shape index (κ2) is 29.5. The molecule has 0 atom stereocenters. The molecule has 0 saturated carbocycles. The maximum Gasteiger partial charge on any atom is -0.00187 e. The molecule has 0 radical (unpaired) electrons. The molecule has 0 rings (SSSR count). The fraction of sp³-hybridized carbons (Fsp3) is 1.00. The van der Waals surface area contributed by atoms with Crippen molar-refractivity contribution in [3.05, 3.63) is 0 Å². The van der Waals surface area contributed by atoms with Crippen molar-refractivity contribution in [1.29, 1.82) is 0 Å². The van der Waals surface area contributed by atoms with Gasteiger partial charge in [0.1, 0.15) is 0 Å². The van der Waals surface area contributed by atoms with Crippen molar-refractivity contribution in [2.24, 2.45) is 11.8 Å². The first-order valence-electron chi connectivity index (χ1n) is 17.3. The molecule has 1 heteroatoms. The van der Waals surface area contributed by atoms with E-state index in [1.54, 1.807) is 0 Å². The third kappa shape index (κ3) is 30.2. The first-order chi connectivity index (χ1) is 17.6. The minimum Gasteiger partial charge on any atom is -0.303 e. The molecular weight excluding hydrogens is 434 g/mol. The molecule has 0 spiro atoms. The van der Waals surface area contributed by atoms with Gasteiger partial charge < -0.3 is 4.90 Å². The molecule has 0 aliphatic heterocycles. The van der Waals surface area contributed by atoms with Crippen molar-refractivity contribution in [3.8, 4) is 0 Å². The van der Waals surface area contributed by atoms with Gasteiger partial charge in [0.05, 0.1) is 0 Å². The predicted molar refractivity (Wildman–Crippen MR) is 167 cm³/mol. The minimum atomic E-state index is 0.886. The van der Waals surface area contributed by atoms with Gasteiger partial charge >= 0.3 is 0 Å². The highest BCUT2D eigenvalue weighted by atomic mass is 15.1. The van der Waals surface area contributed by atoms with Crippen LogP contribution < -0.4 is 0 Å². The Morgan fingerprint density at radius 2 is 0.583 bits per heavy atom. The molecule has 218 valence electrons. The van der Waals surface area contributed by atoms with E-state index in [0.29, 0.717) is 0 Å². The van der Waals surface area contributed by atoms with Crippen molar-refractivity contribution >= 4 is 0 Å². The summed E-state index contributed by atoms with van der Waals surface area (Å²) in [6.45, 7) is 15.8. The Morgan fingerprint density at radius 1 is 0.333 bits per heavy atom. The van der Waals surface area contributed by atoms with Gasteiger partial charge in [-0.1, -0.05) is 176 Å². The summed E-state index contributed by atoms with van der Waals surface area (Å²) < 4.78 is 0. The molecule has 0 aromatic carbocycles. The summed E-state index contributed by atoms with van der Waals surface area (Å²) in [4.78, 5) is 2.84. The standard InChI is InChI=1S/C35H73N/c1-6-7-8-9-10-11-16-21-26-31-36(32-27-22-17-12-14-19-24-29-34(2)3)33-28-23-18-13-15-20-25-30-35(4)5/h34-35H,6-33H2,1-5H3. The van der Waals surface area contributed by atoms with Crippen LogP contribution in [0, 0.1) is 11.8 Å². The average molecular weight is 508 g/mol. The quantitative estimate of drug-likeness (QED) is 0.0873. The summed E-state index contributed by atoms with van der Waals surface area (Å²) in [7, 11) is 0. The van der Waals surface area contributed by atoms with Gasteiger partial charge in [-0.05, 0) is 50.7 Å². The summed E-state index contributed by atoms with van der Waals surface area (Å²) in [5, 5.41) is 0. The minimum absolute atomic E-state index is 0.886. The highest BCUT2D eigenvalue weighted by Gasteiger charge is 2.05. The van der Waals surface area contributed by atoms with Crippen LogP contribution in [-0.2, 0) is 0 Å². The second-order valence-electron chi connectivity index (χ2n) is 13.0. The molecule has 0 aromatic rings. The SMILES string of the molecule is CCCCCCCCCCCN(CCCCCCCCCC(C)C)CCCCCCCCCC(C)C. The Labute approximate surface area is 231 Å². The predicted octanol–water partition coefficient (Wildman–Crippen LogP) is 12.4. The number of rotatable bonds is 30. The molecule has 36 heavy (non-hydrogen) atoms. The summed E-state index contributed by atoms with van der Waals surface area (Å²) in [5.41, 5.74) is 0. The number of hydrogen-bond donors (Lipinski definition) is 0. The fourth-order valence-corrected chi connectivity index (χ4v) is 5.53. The van der Waals surface area contributed by atoms with E-state index in [-0.39, 0.29) is 0 Å². The normalized spacial score (nSPS) is 12.0. The third-order valence-corrected chi connectivity index (χ3v) is 8.09. The van der Waals surface area contributed by atoms with Gasteiger partial charge in [-0.15, -0.1) is 0 Å². The highest BCUT2D eigenvalue weighted by molar-refractivity contribution is 4.61. The van der Waals surface area contributed by atoms with Gasteiger partial charge in [0.15, 0.2) is 0 Å². The zero-order valence-electron chi connectivity index (χ0n) is 26.4. The van der Waals surface area contributed by atoms with Crippen molar-refractivity contribution < 1.29 is 0 Å². The fourth-order valence-electron chi connectivity index (χ4n) is 5.53. The molecule has 0 N–H and O–H groups in total. The maximum atomic E-state index is 2.84. The lowest BCUT2D eigenvalue weighted by atomic mass is 10.0. The van der Waals surface area contributed by atoms with Gasteiger partial charge in [0, 0.05) is 0 Å². The van der Waals surface area contributed by atoms with Crippen LogP contribution in [-0.4, -0.2) is 24.5 Å². The zero-order valence-corrected chi connectivity index (χ0v) is 26.4. The Balaban J connectivity index is 3.90. The van der Waals surface area contributed by atoms with Crippen LogP contribution in [0.25, 0.3) is 0 Å². The number of hydrogen-bond acceptors (Lipinski definition) is 1. The molecule has 0 amide bonds. The monoisotopic (exact) mass is 508 g/mol. The van der Waals surface area contributed by atoms with Crippen molar-refractivity contribution in [2.45, 2.75) is 195 Å². The topological polar surface area (TPSA) is 3.24 Å². The summed E-state index contributed by atoms with van der Waals surface area (Å²) >= 11 is 0. The molecule has 0 fully saturated rings. The average Bonchev–Trinajstić information content (AvgIpc) is 2.84. The van der Waals surface area contributed by atoms with Crippen molar-refractivity contribution in [3.63, 3.8) is 0 Å². The van der Waals surface area contributed by atoms with E-state index in [0.717, 1.165) is 11.8 Å². The lowest BCUT2D eigenvalue weighted by Gasteiger charge is -2.22. The van der Waals surface area contributed by atoms with E-state index in [9.17, 15) is 0 Å². The largest absolute Gasteiger partial charge is 0.303 e. The lowest BCUT2D eigenvalue weighted by Crippen LogP contribution is -2.27. The molecule has 0 heterocycles. The summed E-state index contributed by atoms with van der Waals surface area (Å²) in [5.74, 6) is 1.77. The van der Waals surface area contributed by atoms with Gasteiger partial charge in [-0.25, -0.2) is 0 Å². The first-order valence-corrected chi connectivity index (χ1v) is 17.3. The number of nitrogens with zero attached hydrogens (tertiary/aromatic N) is 1. The van der Waals surface area contributed by atoms with Crippen LogP contribution in [0.4, 0.5) is 0 Å². The van der Waals surface area contributed by atoms with Crippen LogP contribution >= 0.6 is 0 Å². The van der Waals surface area contributed by atoms with Gasteiger partial charge in [-0.3, -0.25) is 0 Å². The smallest absolute Gasteiger partial charge is 0.00187 e. The molecule has 0 aliphatic carbocycles. The van der Waals surface area contributed by atoms with Crippen molar-refractivity contribution in [2.75, 3.05) is 19.6 Å². The Hall–Kier alpha value is -0.0400. The molecular formula is C35H73N. The van der Waals surface area contributed by atoms with Crippen LogP contribution in [0.1, 0.15) is 195 Å². The molecule has 0 bridgehead atoms.